The Labute approximate surface area is 257 Å². The van der Waals surface area contributed by atoms with E-state index in [0.717, 1.165) is 55.5 Å². The van der Waals surface area contributed by atoms with E-state index in [0.29, 0.717) is 29.8 Å². The lowest BCUT2D eigenvalue weighted by atomic mass is 9.94. The highest BCUT2D eigenvalue weighted by atomic mass is 35.5. The second-order valence-corrected chi connectivity index (χ2v) is 12.8. The van der Waals surface area contributed by atoms with Crippen molar-refractivity contribution in [1.29, 1.82) is 0 Å². The van der Waals surface area contributed by atoms with Crippen LogP contribution in [-0.4, -0.2) is 76.0 Å². The van der Waals surface area contributed by atoms with E-state index in [4.69, 9.17) is 21.3 Å². The van der Waals surface area contributed by atoms with Gasteiger partial charge < -0.3 is 15.0 Å². The molecule has 0 radical (unpaired) electrons. The van der Waals surface area contributed by atoms with Crippen LogP contribution >= 0.6 is 11.6 Å². The van der Waals surface area contributed by atoms with E-state index in [1.807, 2.05) is 49.9 Å². The summed E-state index contributed by atoms with van der Waals surface area (Å²) in [6.45, 7) is 8.66. The number of nitrogens with zero attached hydrogens (tertiary/aromatic N) is 4. The van der Waals surface area contributed by atoms with Crippen LogP contribution in [0.5, 0.6) is 0 Å². The SMILES string of the molecule is CC(C)(C)OC(=O)CN1CCC(C(=O)N2CCC(Nc3ncc(Cl)c(-c4cccc(-c5ccc(F)cc5)c4)n3)CC2)CC1. The minimum atomic E-state index is -0.494. The van der Waals surface area contributed by atoms with Crippen LogP contribution in [-0.2, 0) is 14.3 Å². The largest absolute Gasteiger partial charge is 0.459 e. The number of rotatable bonds is 7. The fourth-order valence-electron chi connectivity index (χ4n) is 5.71. The van der Waals surface area contributed by atoms with Crippen LogP contribution in [0.25, 0.3) is 22.4 Å². The van der Waals surface area contributed by atoms with Gasteiger partial charge in [-0.1, -0.05) is 41.9 Å². The van der Waals surface area contributed by atoms with Gasteiger partial charge in [0.05, 0.1) is 23.5 Å². The number of hydrogen-bond acceptors (Lipinski definition) is 7. The van der Waals surface area contributed by atoms with Crippen molar-refractivity contribution in [1.82, 2.24) is 19.8 Å². The number of hydrogen-bond donors (Lipinski definition) is 1. The molecule has 3 heterocycles. The number of ether oxygens (including phenoxy) is 1. The monoisotopic (exact) mass is 607 g/mol. The number of carbonyl (C=O) groups excluding carboxylic acids is 2. The molecule has 2 aliphatic heterocycles. The Hall–Kier alpha value is -3.56. The maximum atomic E-state index is 13.4. The number of aromatic nitrogens is 2. The number of amides is 1. The molecule has 2 fully saturated rings. The fourth-order valence-corrected chi connectivity index (χ4v) is 5.91. The molecular formula is C33H39ClFN5O3. The van der Waals surface area contributed by atoms with Gasteiger partial charge in [0.25, 0.3) is 0 Å². The lowest BCUT2D eigenvalue weighted by Gasteiger charge is -2.37. The summed E-state index contributed by atoms with van der Waals surface area (Å²) in [6.07, 6.45) is 4.70. The van der Waals surface area contributed by atoms with Crippen LogP contribution < -0.4 is 5.32 Å². The van der Waals surface area contributed by atoms with Gasteiger partial charge in [0.2, 0.25) is 11.9 Å². The van der Waals surface area contributed by atoms with Crippen molar-refractivity contribution < 1.29 is 18.7 Å². The minimum Gasteiger partial charge on any atom is -0.459 e. The second kappa shape index (κ2) is 13.4. The van der Waals surface area contributed by atoms with Gasteiger partial charge in [-0.15, -0.1) is 0 Å². The van der Waals surface area contributed by atoms with Gasteiger partial charge in [-0.25, -0.2) is 14.4 Å². The third-order valence-corrected chi connectivity index (χ3v) is 8.18. The molecule has 0 spiro atoms. The molecule has 1 N–H and O–H groups in total. The summed E-state index contributed by atoms with van der Waals surface area (Å²) in [5.74, 6) is 0.201. The molecule has 2 aliphatic rings. The average Bonchev–Trinajstić information content (AvgIpc) is 2.98. The van der Waals surface area contributed by atoms with E-state index in [9.17, 15) is 14.0 Å². The molecular weight excluding hydrogens is 569 g/mol. The van der Waals surface area contributed by atoms with Gasteiger partial charge in [0.15, 0.2) is 0 Å². The summed E-state index contributed by atoms with van der Waals surface area (Å²) in [6, 6.07) is 14.3. The van der Waals surface area contributed by atoms with Crippen LogP contribution in [0.4, 0.5) is 10.3 Å². The Balaban J connectivity index is 1.13. The van der Waals surface area contributed by atoms with E-state index in [1.165, 1.54) is 12.1 Å². The first-order valence-corrected chi connectivity index (χ1v) is 15.3. The lowest BCUT2D eigenvalue weighted by Crippen LogP contribution is -2.48. The fraction of sp³-hybridized carbons (Fsp3) is 0.455. The van der Waals surface area contributed by atoms with E-state index in [-0.39, 0.29) is 36.2 Å². The molecule has 0 saturated carbocycles. The molecule has 1 amide bonds. The first kappa shape index (κ1) is 30.9. The van der Waals surface area contributed by atoms with Crippen molar-refractivity contribution in [3.63, 3.8) is 0 Å². The minimum absolute atomic E-state index is 0.00720. The molecule has 0 aliphatic carbocycles. The summed E-state index contributed by atoms with van der Waals surface area (Å²) in [5.41, 5.74) is 2.81. The maximum Gasteiger partial charge on any atom is 0.320 e. The summed E-state index contributed by atoms with van der Waals surface area (Å²) in [7, 11) is 0. The van der Waals surface area contributed by atoms with Crippen molar-refractivity contribution in [3.05, 3.63) is 65.6 Å². The van der Waals surface area contributed by atoms with Crippen molar-refractivity contribution in [3.8, 4) is 22.4 Å². The zero-order valence-electron chi connectivity index (χ0n) is 25.0. The number of esters is 1. The Morgan fingerprint density at radius 2 is 1.65 bits per heavy atom. The van der Waals surface area contributed by atoms with E-state index >= 15 is 0 Å². The normalized spacial score (nSPS) is 17.1. The molecule has 228 valence electrons. The molecule has 8 nitrogen and oxygen atoms in total. The third kappa shape index (κ3) is 8.30. The van der Waals surface area contributed by atoms with Crippen molar-refractivity contribution in [2.45, 2.75) is 58.1 Å². The van der Waals surface area contributed by atoms with Gasteiger partial charge in [-0.3, -0.25) is 14.5 Å². The zero-order chi connectivity index (χ0) is 30.6. The number of benzene rings is 2. The van der Waals surface area contributed by atoms with Crippen LogP contribution in [0.1, 0.15) is 46.5 Å². The van der Waals surface area contributed by atoms with E-state index < -0.39 is 5.60 Å². The standard InChI is InChI=1S/C33H39ClFN5O3/c1-33(2,3)43-29(41)21-39-15-11-23(12-16-39)31(42)40-17-13-27(14-18-40)37-32-36-20-28(34)30(38-32)25-6-4-5-24(19-25)22-7-9-26(35)10-8-22/h4-10,19-20,23,27H,11-18,21H2,1-3H3,(H,36,37,38). The Kier molecular flexibility index (Phi) is 9.62. The lowest BCUT2D eigenvalue weighted by molar-refractivity contribution is -0.156. The number of piperidine rings is 2. The van der Waals surface area contributed by atoms with E-state index in [1.54, 1.807) is 18.3 Å². The van der Waals surface area contributed by atoms with Crippen molar-refractivity contribution in [2.75, 3.05) is 38.0 Å². The third-order valence-electron chi connectivity index (χ3n) is 7.91. The van der Waals surface area contributed by atoms with Gasteiger partial charge in [-0.2, -0.15) is 0 Å². The Morgan fingerprint density at radius 3 is 2.33 bits per heavy atom. The van der Waals surface area contributed by atoms with Crippen LogP contribution in [0, 0.1) is 11.7 Å². The second-order valence-electron chi connectivity index (χ2n) is 12.4. The Morgan fingerprint density at radius 1 is 0.977 bits per heavy atom. The topological polar surface area (TPSA) is 87.7 Å². The molecule has 2 aromatic carbocycles. The molecule has 43 heavy (non-hydrogen) atoms. The smallest absolute Gasteiger partial charge is 0.320 e. The van der Waals surface area contributed by atoms with E-state index in [2.05, 4.69) is 15.2 Å². The first-order valence-electron chi connectivity index (χ1n) is 14.9. The summed E-state index contributed by atoms with van der Waals surface area (Å²) >= 11 is 6.51. The predicted octanol–water partition coefficient (Wildman–Crippen LogP) is 6.06. The molecule has 10 heteroatoms. The Bertz CT molecular complexity index is 1430. The predicted molar refractivity (Wildman–Crippen MR) is 166 cm³/mol. The molecule has 5 rings (SSSR count). The van der Waals surface area contributed by atoms with Gasteiger partial charge in [-0.05, 0) is 88.9 Å². The van der Waals surface area contributed by atoms with Crippen molar-refractivity contribution in [2.24, 2.45) is 5.92 Å². The number of likely N-dealkylation sites (tertiary alicyclic amines) is 2. The summed E-state index contributed by atoms with van der Waals surface area (Å²) < 4.78 is 18.8. The maximum absolute atomic E-state index is 13.4. The molecule has 0 atom stereocenters. The first-order chi connectivity index (χ1) is 20.5. The molecule has 1 aromatic heterocycles. The number of carbonyl (C=O) groups is 2. The van der Waals surface area contributed by atoms with Crippen LogP contribution in [0.15, 0.2) is 54.7 Å². The molecule has 2 saturated heterocycles. The van der Waals surface area contributed by atoms with Gasteiger partial charge in [0, 0.05) is 30.6 Å². The van der Waals surface area contributed by atoms with Crippen LogP contribution in [0.3, 0.4) is 0 Å². The quantitative estimate of drug-likeness (QED) is 0.327. The summed E-state index contributed by atoms with van der Waals surface area (Å²) in [5, 5.41) is 3.88. The molecule has 0 unspecified atom stereocenters. The van der Waals surface area contributed by atoms with Crippen LogP contribution in [0.2, 0.25) is 5.02 Å². The molecule has 0 bridgehead atoms. The highest BCUT2D eigenvalue weighted by Crippen LogP contribution is 2.31. The number of nitrogens with one attached hydrogen (secondary N) is 1. The van der Waals surface area contributed by atoms with Gasteiger partial charge >= 0.3 is 5.97 Å². The summed E-state index contributed by atoms with van der Waals surface area (Å²) in [4.78, 5) is 38.6. The molecule has 3 aromatic rings. The zero-order valence-corrected chi connectivity index (χ0v) is 25.7. The van der Waals surface area contributed by atoms with Crippen molar-refractivity contribution >= 4 is 29.4 Å². The highest BCUT2D eigenvalue weighted by molar-refractivity contribution is 6.32. The highest BCUT2D eigenvalue weighted by Gasteiger charge is 2.32. The number of anilines is 1. The van der Waals surface area contributed by atoms with Gasteiger partial charge in [0.1, 0.15) is 11.4 Å². The average molecular weight is 608 g/mol. The number of halogens is 2.